The van der Waals surface area contributed by atoms with E-state index in [2.05, 4.69) is 6.92 Å². The van der Waals surface area contributed by atoms with Gasteiger partial charge in [-0.15, -0.1) is 0 Å². The molecule has 0 aromatic rings. The molecule has 1 saturated carbocycles. The first-order valence-corrected chi connectivity index (χ1v) is 4.99. The van der Waals surface area contributed by atoms with Gasteiger partial charge in [0.25, 0.3) is 0 Å². The van der Waals surface area contributed by atoms with Gasteiger partial charge in [-0.25, -0.2) is 0 Å². The fourth-order valence-electron chi connectivity index (χ4n) is 1.66. The summed E-state index contributed by atoms with van der Waals surface area (Å²) in [5.41, 5.74) is 0. The molecule has 0 aromatic heterocycles. The molecule has 2 nitrogen and oxygen atoms in total. The second-order valence-corrected chi connectivity index (χ2v) is 4.42. The van der Waals surface area contributed by atoms with Crippen molar-refractivity contribution in [1.29, 1.82) is 5.26 Å². The fourth-order valence-corrected chi connectivity index (χ4v) is 1.66. The normalized spacial score (nSPS) is 27.5. The molecular weight excluding hydrogens is 205 g/mol. The van der Waals surface area contributed by atoms with Crippen molar-refractivity contribution in [2.24, 2.45) is 17.8 Å². The summed E-state index contributed by atoms with van der Waals surface area (Å²) in [5.74, 6) is -0.724. The third-order valence-electron chi connectivity index (χ3n) is 2.87. The van der Waals surface area contributed by atoms with E-state index in [4.69, 9.17) is 5.26 Å². The van der Waals surface area contributed by atoms with E-state index in [0.29, 0.717) is 18.4 Å². The largest absolute Gasteiger partial charge is 0.405 e. The van der Waals surface area contributed by atoms with Crippen molar-refractivity contribution in [3.05, 3.63) is 0 Å². The third kappa shape index (κ3) is 3.71. The van der Waals surface area contributed by atoms with Crippen LogP contribution >= 0.6 is 0 Å². The van der Waals surface area contributed by atoms with Crippen molar-refractivity contribution in [3.8, 4) is 6.07 Å². The summed E-state index contributed by atoms with van der Waals surface area (Å²) in [5, 5.41) is 8.42. The van der Waals surface area contributed by atoms with Crippen LogP contribution in [0.5, 0.6) is 0 Å². The number of hydrogen-bond acceptors (Lipinski definition) is 2. The summed E-state index contributed by atoms with van der Waals surface area (Å²) in [7, 11) is 1.64. The Morgan fingerprint density at radius 3 is 2.40 bits per heavy atom. The molecule has 0 N–H and O–H groups in total. The molecule has 1 aliphatic carbocycles. The number of nitrogens with zero attached hydrogens (tertiary/aromatic N) is 2. The van der Waals surface area contributed by atoms with Crippen molar-refractivity contribution < 1.29 is 13.2 Å². The summed E-state index contributed by atoms with van der Waals surface area (Å²) in [4.78, 5) is 1.61. The van der Waals surface area contributed by atoms with Crippen LogP contribution in [0.25, 0.3) is 0 Å². The Hall–Kier alpha value is -0.760. The molecule has 5 heteroatoms. The summed E-state index contributed by atoms with van der Waals surface area (Å²) in [6, 6.07) is 1.31. The lowest BCUT2D eigenvalue weighted by Crippen LogP contribution is -2.35. The van der Waals surface area contributed by atoms with Crippen molar-refractivity contribution in [2.75, 3.05) is 20.1 Å². The molecule has 0 spiro atoms. The Kier molecular flexibility index (Phi) is 3.61. The second kappa shape index (κ2) is 4.40. The van der Waals surface area contributed by atoms with Gasteiger partial charge in [-0.2, -0.15) is 18.4 Å². The average molecular weight is 220 g/mol. The Morgan fingerprint density at radius 1 is 1.53 bits per heavy atom. The van der Waals surface area contributed by atoms with E-state index in [0.717, 1.165) is 6.42 Å². The first-order valence-electron chi connectivity index (χ1n) is 4.99. The van der Waals surface area contributed by atoms with Gasteiger partial charge in [0.05, 0.1) is 6.07 Å². The van der Waals surface area contributed by atoms with Gasteiger partial charge in [-0.3, -0.25) is 0 Å². The van der Waals surface area contributed by atoms with Gasteiger partial charge in [0, 0.05) is 13.1 Å². The average Bonchev–Trinajstić information content (AvgIpc) is 2.75. The van der Waals surface area contributed by atoms with Crippen LogP contribution in [0.1, 0.15) is 13.3 Å². The molecule has 86 valence electrons. The van der Waals surface area contributed by atoms with Gasteiger partial charge < -0.3 is 4.90 Å². The van der Waals surface area contributed by atoms with Gasteiger partial charge in [0.1, 0.15) is 0 Å². The highest BCUT2D eigenvalue weighted by molar-refractivity contribution is 4.92. The molecule has 3 unspecified atom stereocenters. The first-order chi connectivity index (χ1) is 6.84. The van der Waals surface area contributed by atoms with Crippen LogP contribution in [0.2, 0.25) is 0 Å². The van der Waals surface area contributed by atoms with Crippen LogP contribution < -0.4 is 0 Å². The van der Waals surface area contributed by atoms with E-state index in [1.54, 1.807) is 11.9 Å². The number of alkyl halides is 3. The predicted molar refractivity (Wildman–Crippen MR) is 49.9 cm³/mol. The number of rotatable bonds is 4. The molecule has 1 aliphatic rings. The van der Waals surface area contributed by atoms with Crippen LogP contribution in [0, 0.1) is 29.1 Å². The lowest BCUT2D eigenvalue weighted by molar-refractivity contribution is -0.162. The maximum atomic E-state index is 12.3. The van der Waals surface area contributed by atoms with Gasteiger partial charge in [0.2, 0.25) is 0 Å². The van der Waals surface area contributed by atoms with Crippen LogP contribution in [0.3, 0.4) is 0 Å². The maximum absolute atomic E-state index is 12.3. The Morgan fingerprint density at radius 2 is 2.07 bits per heavy atom. The van der Waals surface area contributed by atoms with E-state index in [-0.39, 0.29) is 6.54 Å². The van der Waals surface area contributed by atoms with Crippen LogP contribution in [-0.4, -0.2) is 31.2 Å². The molecule has 0 amide bonds. The van der Waals surface area contributed by atoms with E-state index in [1.807, 2.05) is 0 Å². The van der Waals surface area contributed by atoms with Gasteiger partial charge in [-0.1, -0.05) is 6.92 Å². The number of halogens is 3. The quantitative estimate of drug-likeness (QED) is 0.726. The topological polar surface area (TPSA) is 27.0 Å². The van der Waals surface area contributed by atoms with Gasteiger partial charge >= 0.3 is 6.18 Å². The Labute approximate surface area is 87.7 Å². The summed E-state index contributed by atoms with van der Waals surface area (Å²) < 4.78 is 36.8. The molecule has 0 radical (unpaired) electrons. The number of nitriles is 1. The van der Waals surface area contributed by atoms with Crippen molar-refractivity contribution in [3.63, 3.8) is 0 Å². The molecule has 0 bridgehead atoms. The smallest absolute Gasteiger partial charge is 0.304 e. The molecule has 1 rings (SSSR count). The van der Waals surface area contributed by atoms with Crippen molar-refractivity contribution in [1.82, 2.24) is 4.90 Å². The van der Waals surface area contributed by atoms with E-state index >= 15 is 0 Å². The molecule has 3 atom stereocenters. The molecular formula is C10H15F3N2. The molecule has 15 heavy (non-hydrogen) atoms. The summed E-state index contributed by atoms with van der Waals surface area (Å²) in [6.07, 6.45) is -3.31. The van der Waals surface area contributed by atoms with E-state index < -0.39 is 12.1 Å². The summed E-state index contributed by atoms with van der Waals surface area (Å²) >= 11 is 0. The molecule has 0 aromatic carbocycles. The zero-order chi connectivity index (χ0) is 11.6. The van der Waals surface area contributed by atoms with Crippen LogP contribution in [-0.2, 0) is 0 Å². The van der Waals surface area contributed by atoms with E-state index in [1.165, 1.54) is 6.07 Å². The summed E-state index contributed by atoms with van der Waals surface area (Å²) in [6.45, 7) is 2.53. The first kappa shape index (κ1) is 12.3. The zero-order valence-corrected chi connectivity index (χ0v) is 8.88. The van der Waals surface area contributed by atoms with Crippen LogP contribution in [0.15, 0.2) is 0 Å². The second-order valence-electron chi connectivity index (χ2n) is 4.42. The Bertz CT molecular complexity index is 256. The standard InChI is InChI=1S/C10H15F3N2/c1-7-3-8(7)5-15(2)6-9(4-14)10(11,12)13/h7-9H,3,5-6H2,1-2H3. The highest BCUT2D eigenvalue weighted by Crippen LogP contribution is 2.38. The fraction of sp³-hybridized carbons (Fsp3) is 0.900. The highest BCUT2D eigenvalue weighted by atomic mass is 19.4. The molecule has 0 aliphatic heterocycles. The lowest BCUT2D eigenvalue weighted by Gasteiger charge is -2.21. The number of hydrogen-bond donors (Lipinski definition) is 0. The van der Waals surface area contributed by atoms with Crippen molar-refractivity contribution in [2.45, 2.75) is 19.5 Å². The maximum Gasteiger partial charge on any atom is 0.405 e. The minimum absolute atomic E-state index is 0.219. The minimum Gasteiger partial charge on any atom is -0.304 e. The highest BCUT2D eigenvalue weighted by Gasteiger charge is 2.41. The zero-order valence-electron chi connectivity index (χ0n) is 8.88. The SMILES string of the molecule is CC1CC1CN(C)CC(C#N)C(F)(F)F. The van der Waals surface area contributed by atoms with Crippen molar-refractivity contribution >= 4 is 0 Å². The lowest BCUT2D eigenvalue weighted by atomic mass is 10.1. The Balaban J connectivity index is 2.35. The molecule has 0 heterocycles. The minimum atomic E-state index is -4.40. The third-order valence-corrected chi connectivity index (χ3v) is 2.87. The monoisotopic (exact) mass is 220 g/mol. The predicted octanol–water partition coefficient (Wildman–Crippen LogP) is 2.28. The molecule has 1 fully saturated rings. The van der Waals surface area contributed by atoms with Gasteiger partial charge in [0.15, 0.2) is 5.92 Å². The van der Waals surface area contributed by atoms with Crippen LogP contribution in [0.4, 0.5) is 13.2 Å². The molecule has 0 saturated heterocycles. The van der Waals surface area contributed by atoms with E-state index in [9.17, 15) is 13.2 Å². The van der Waals surface area contributed by atoms with Gasteiger partial charge in [-0.05, 0) is 25.3 Å².